The van der Waals surface area contributed by atoms with Crippen molar-refractivity contribution in [3.05, 3.63) is 84.1 Å². The molecule has 2 aromatic rings. The van der Waals surface area contributed by atoms with Crippen molar-refractivity contribution in [1.82, 2.24) is 4.90 Å². The van der Waals surface area contributed by atoms with Gasteiger partial charge in [0.2, 0.25) is 0 Å². The molecule has 1 fully saturated rings. The van der Waals surface area contributed by atoms with Gasteiger partial charge < -0.3 is 19.1 Å². The molecule has 0 bridgehead atoms. The van der Waals surface area contributed by atoms with Crippen molar-refractivity contribution in [2.45, 2.75) is 24.6 Å². The van der Waals surface area contributed by atoms with Crippen molar-refractivity contribution in [3.63, 3.8) is 0 Å². The van der Waals surface area contributed by atoms with E-state index < -0.39 is 36.5 Å². The topological polar surface area (TPSA) is 77.4 Å². The Morgan fingerprint density at radius 1 is 1.03 bits per heavy atom. The molecule has 4 atom stereocenters. The van der Waals surface area contributed by atoms with E-state index in [-0.39, 0.29) is 13.3 Å². The van der Waals surface area contributed by atoms with E-state index in [2.05, 4.69) is 4.99 Å². The standard InChI is InChI=1S/C23H21FN2O5/c24-19-20(31-23(28)17-10-5-2-6-11-17)18(30-21(19)26-13-7-12-25-15-26)14-29-22(27)16-8-3-1-4-9-16/h1-13,18-21H,14-15H2/t18-,19+,20-,21-/m1/s1. The van der Waals surface area contributed by atoms with E-state index in [4.69, 9.17) is 14.2 Å². The molecule has 0 spiro atoms. The minimum atomic E-state index is -1.66. The average Bonchev–Trinajstić information content (AvgIpc) is 3.14. The highest BCUT2D eigenvalue weighted by Crippen LogP contribution is 2.31. The highest BCUT2D eigenvalue weighted by molar-refractivity contribution is 5.90. The maximum absolute atomic E-state index is 15.3. The van der Waals surface area contributed by atoms with Crippen molar-refractivity contribution in [1.29, 1.82) is 0 Å². The van der Waals surface area contributed by atoms with E-state index in [1.165, 1.54) is 0 Å². The molecule has 31 heavy (non-hydrogen) atoms. The van der Waals surface area contributed by atoms with Crippen LogP contribution in [0.5, 0.6) is 0 Å². The summed E-state index contributed by atoms with van der Waals surface area (Å²) < 4.78 is 31.9. The SMILES string of the molecule is O=C(OC[C@H]1O[C@@H](N2C=CC=NC2)[C@@H](F)[C@@H]1OC(=O)c1ccccc1)c1ccccc1. The summed E-state index contributed by atoms with van der Waals surface area (Å²) in [5.74, 6) is -1.25. The van der Waals surface area contributed by atoms with E-state index in [9.17, 15) is 9.59 Å². The Labute approximate surface area is 178 Å². The number of aliphatic imine (C=N–C) groups is 1. The lowest BCUT2D eigenvalue weighted by atomic mass is 10.1. The first kappa shape index (κ1) is 20.7. The van der Waals surface area contributed by atoms with Crippen LogP contribution in [0.15, 0.2) is 77.9 Å². The monoisotopic (exact) mass is 424 g/mol. The second kappa shape index (κ2) is 9.53. The van der Waals surface area contributed by atoms with Gasteiger partial charge in [-0.1, -0.05) is 36.4 Å². The van der Waals surface area contributed by atoms with E-state index in [0.717, 1.165) is 0 Å². The minimum Gasteiger partial charge on any atom is -0.459 e. The summed E-state index contributed by atoms with van der Waals surface area (Å²) in [7, 11) is 0. The average molecular weight is 424 g/mol. The number of allylic oxidation sites excluding steroid dienone is 1. The molecule has 2 aliphatic heterocycles. The highest BCUT2D eigenvalue weighted by atomic mass is 19.1. The van der Waals surface area contributed by atoms with Gasteiger partial charge in [-0.25, -0.2) is 14.0 Å². The first-order valence-electron chi connectivity index (χ1n) is 9.83. The predicted molar refractivity (Wildman–Crippen MR) is 110 cm³/mol. The lowest BCUT2D eigenvalue weighted by Crippen LogP contribution is -2.41. The number of hydrogen-bond donors (Lipinski definition) is 0. The van der Waals surface area contributed by atoms with Crippen molar-refractivity contribution < 1.29 is 28.2 Å². The summed E-state index contributed by atoms with van der Waals surface area (Å²) in [4.78, 5) is 30.5. The lowest BCUT2D eigenvalue weighted by molar-refractivity contribution is -0.0753. The van der Waals surface area contributed by atoms with Gasteiger partial charge in [0.15, 0.2) is 18.5 Å². The Hall–Kier alpha value is -3.52. The molecular formula is C23H21FN2O5. The number of esters is 2. The summed E-state index contributed by atoms with van der Waals surface area (Å²) in [5, 5.41) is 0. The molecule has 0 N–H and O–H groups in total. The molecular weight excluding hydrogens is 403 g/mol. The van der Waals surface area contributed by atoms with Crippen LogP contribution in [0.25, 0.3) is 0 Å². The zero-order valence-corrected chi connectivity index (χ0v) is 16.5. The number of benzene rings is 2. The number of rotatable bonds is 6. The van der Waals surface area contributed by atoms with Gasteiger partial charge in [0.25, 0.3) is 0 Å². The fraction of sp³-hybridized carbons (Fsp3) is 0.261. The summed E-state index contributed by atoms with van der Waals surface area (Å²) in [6, 6.07) is 16.7. The van der Waals surface area contributed by atoms with Crippen molar-refractivity contribution >= 4 is 18.2 Å². The Morgan fingerprint density at radius 3 is 2.29 bits per heavy atom. The third-order valence-electron chi connectivity index (χ3n) is 4.95. The van der Waals surface area contributed by atoms with E-state index in [1.807, 2.05) is 0 Å². The van der Waals surface area contributed by atoms with Gasteiger partial charge in [0, 0.05) is 12.4 Å². The number of nitrogens with zero attached hydrogens (tertiary/aromatic N) is 2. The molecule has 1 saturated heterocycles. The fourth-order valence-electron chi connectivity index (χ4n) is 3.38. The van der Waals surface area contributed by atoms with Crippen LogP contribution in [0.2, 0.25) is 0 Å². The smallest absolute Gasteiger partial charge is 0.338 e. The summed E-state index contributed by atoms with van der Waals surface area (Å²) >= 11 is 0. The third kappa shape index (κ3) is 4.80. The minimum absolute atomic E-state index is 0.206. The van der Waals surface area contributed by atoms with E-state index in [1.54, 1.807) is 84.1 Å². The first-order chi connectivity index (χ1) is 15.1. The van der Waals surface area contributed by atoms with Gasteiger partial charge in [-0.2, -0.15) is 0 Å². The summed E-state index contributed by atoms with van der Waals surface area (Å²) in [6.45, 7) is -0.0599. The number of ether oxygens (including phenoxy) is 3. The van der Waals surface area contributed by atoms with E-state index >= 15 is 4.39 Å². The van der Waals surface area contributed by atoms with Crippen LogP contribution < -0.4 is 0 Å². The van der Waals surface area contributed by atoms with Gasteiger partial charge in [0.1, 0.15) is 19.4 Å². The van der Waals surface area contributed by atoms with Gasteiger partial charge in [-0.15, -0.1) is 0 Å². The van der Waals surface area contributed by atoms with Gasteiger partial charge in [-0.3, -0.25) is 4.99 Å². The third-order valence-corrected chi connectivity index (χ3v) is 4.95. The summed E-state index contributed by atoms with van der Waals surface area (Å²) in [5.41, 5.74) is 0.653. The van der Waals surface area contributed by atoms with Gasteiger partial charge >= 0.3 is 11.9 Å². The van der Waals surface area contributed by atoms with Crippen LogP contribution >= 0.6 is 0 Å². The molecule has 2 aliphatic rings. The molecule has 0 unspecified atom stereocenters. The fourth-order valence-corrected chi connectivity index (χ4v) is 3.38. The molecule has 4 rings (SSSR count). The molecule has 0 radical (unpaired) electrons. The molecule has 0 aromatic heterocycles. The van der Waals surface area contributed by atoms with Crippen LogP contribution in [0.3, 0.4) is 0 Å². The maximum Gasteiger partial charge on any atom is 0.338 e. The quantitative estimate of drug-likeness (QED) is 0.664. The number of carbonyl (C=O) groups excluding carboxylic acids is 2. The Balaban J connectivity index is 1.48. The van der Waals surface area contributed by atoms with Crippen LogP contribution in [-0.2, 0) is 14.2 Å². The first-order valence-corrected chi connectivity index (χ1v) is 9.83. The number of alkyl halides is 1. The Bertz CT molecular complexity index is 966. The van der Waals surface area contributed by atoms with Crippen LogP contribution in [0, 0.1) is 0 Å². The molecule has 0 amide bonds. The largest absolute Gasteiger partial charge is 0.459 e. The normalized spacial score (nSPS) is 24.7. The second-order valence-corrected chi connectivity index (χ2v) is 7.04. The number of halogens is 1. The molecule has 0 aliphatic carbocycles. The van der Waals surface area contributed by atoms with Crippen molar-refractivity contribution in [3.8, 4) is 0 Å². The molecule has 2 aromatic carbocycles. The molecule has 2 heterocycles. The number of hydrogen-bond acceptors (Lipinski definition) is 7. The molecule has 8 heteroatoms. The molecule has 7 nitrogen and oxygen atoms in total. The van der Waals surface area contributed by atoms with Crippen molar-refractivity contribution in [2.75, 3.05) is 13.3 Å². The van der Waals surface area contributed by atoms with E-state index in [0.29, 0.717) is 11.1 Å². The van der Waals surface area contributed by atoms with Gasteiger partial charge in [0.05, 0.1) is 11.1 Å². The van der Waals surface area contributed by atoms with Crippen LogP contribution in [0.1, 0.15) is 20.7 Å². The zero-order valence-electron chi connectivity index (χ0n) is 16.5. The maximum atomic E-state index is 15.3. The highest BCUT2D eigenvalue weighted by Gasteiger charge is 2.50. The molecule has 0 saturated carbocycles. The lowest BCUT2D eigenvalue weighted by Gasteiger charge is -2.27. The van der Waals surface area contributed by atoms with Gasteiger partial charge in [-0.05, 0) is 30.3 Å². The van der Waals surface area contributed by atoms with Crippen LogP contribution in [0.4, 0.5) is 4.39 Å². The second-order valence-electron chi connectivity index (χ2n) is 7.04. The number of carbonyl (C=O) groups is 2. The Kier molecular flexibility index (Phi) is 6.37. The van der Waals surface area contributed by atoms with Crippen molar-refractivity contribution in [2.24, 2.45) is 4.99 Å². The zero-order chi connectivity index (χ0) is 21.6. The summed E-state index contributed by atoms with van der Waals surface area (Å²) in [6.07, 6.45) is 0.00504. The van der Waals surface area contributed by atoms with Crippen LogP contribution in [-0.4, -0.2) is 60.9 Å². The Morgan fingerprint density at radius 2 is 1.68 bits per heavy atom. The predicted octanol–water partition coefficient (Wildman–Crippen LogP) is 2.99. The molecule has 160 valence electrons.